The molecule has 5 nitrogen and oxygen atoms in total. The Balaban J connectivity index is 1.52. The first-order valence-electron chi connectivity index (χ1n) is 12.1. The number of nitrogens with two attached hydrogens (primary N) is 1. The highest BCUT2D eigenvalue weighted by molar-refractivity contribution is 5.48. The van der Waals surface area contributed by atoms with E-state index < -0.39 is 30.3 Å². The highest BCUT2D eigenvalue weighted by Gasteiger charge is 2.37. The Morgan fingerprint density at radius 2 is 1.55 bits per heavy atom. The number of hydrogen-bond donors (Lipinski definition) is 1. The van der Waals surface area contributed by atoms with E-state index in [0.717, 1.165) is 35.2 Å². The highest BCUT2D eigenvalue weighted by Crippen LogP contribution is 2.40. The number of fused-ring (bicyclic) bond motifs is 1. The van der Waals surface area contributed by atoms with Gasteiger partial charge in [0, 0.05) is 24.5 Å². The smallest absolute Gasteiger partial charge is 0.387 e. The molecule has 2 unspecified atom stereocenters. The van der Waals surface area contributed by atoms with Crippen molar-refractivity contribution < 1.29 is 27.0 Å². The number of alkyl halides is 4. The predicted octanol–water partition coefficient (Wildman–Crippen LogP) is 6.20. The predicted molar refractivity (Wildman–Crippen MR) is 133 cm³/mol. The summed E-state index contributed by atoms with van der Waals surface area (Å²) in [6, 6.07) is 19.7. The Hall–Kier alpha value is -3.98. The zero-order valence-electron chi connectivity index (χ0n) is 20.2. The Labute approximate surface area is 217 Å². The molecule has 2 atom stereocenters. The van der Waals surface area contributed by atoms with E-state index in [1.807, 2.05) is 42.5 Å². The molecule has 4 aromatic rings. The molecule has 2 aromatic heterocycles. The number of benzene rings is 2. The van der Waals surface area contributed by atoms with Gasteiger partial charge in [-0.1, -0.05) is 36.4 Å². The van der Waals surface area contributed by atoms with Gasteiger partial charge in [-0.3, -0.25) is 9.97 Å². The Morgan fingerprint density at radius 1 is 0.842 bits per heavy atom. The number of ether oxygens (including phenoxy) is 2. The largest absolute Gasteiger partial charge is 0.431 e. The molecule has 2 aromatic carbocycles. The molecule has 0 aliphatic heterocycles. The maximum absolute atomic E-state index is 13.1. The van der Waals surface area contributed by atoms with Gasteiger partial charge in [0.2, 0.25) is 0 Å². The van der Waals surface area contributed by atoms with Crippen molar-refractivity contribution in [1.29, 1.82) is 0 Å². The molecule has 2 N–H and O–H groups in total. The summed E-state index contributed by atoms with van der Waals surface area (Å²) >= 11 is 0. The fourth-order valence-electron chi connectivity index (χ4n) is 5.09. The van der Waals surface area contributed by atoms with Crippen LogP contribution in [0, 0.1) is 0 Å². The lowest BCUT2D eigenvalue weighted by molar-refractivity contribution is -0.0692. The van der Waals surface area contributed by atoms with Crippen LogP contribution in [0.25, 0.3) is 0 Å². The van der Waals surface area contributed by atoms with Crippen LogP contribution in [0.15, 0.2) is 85.3 Å². The maximum Gasteiger partial charge on any atom is 0.387 e. The van der Waals surface area contributed by atoms with Crippen molar-refractivity contribution in [2.45, 2.75) is 43.9 Å². The van der Waals surface area contributed by atoms with E-state index in [1.54, 1.807) is 24.7 Å². The summed E-state index contributed by atoms with van der Waals surface area (Å²) in [7, 11) is 0. The van der Waals surface area contributed by atoms with Crippen molar-refractivity contribution in [2.75, 3.05) is 0 Å². The van der Waals surface area contributed by atoms with Gasteiger partial charge in [-0.05, 0) is 77.4 Å². The van der Waals surface area contributed by atoms with Crippen molar-refractivity contribution in [3.8, 4) is 11.5 Å². The van der Waals surface area contributed by atoms with Crippen LogP contribution < -0.4 is 15.2 Å². The average molecular weight is 524 g/mol. The third kappa shape index (κ3) is 5.33. The molecule has 38 heavy (non-hydrogen) atoms. The molecular weight excluding hydrogens is 498 g/mol. The van der Waals surface area contributed by atoms with Crippen LogP contribution in [0.1, 0.15) is 45.8 Å². The first-order chi connectivity index (χ1) is 18.3. The normalized spacial score (nSPS) is 17.4. The third-order valence-electron chi connectivity index (χ3n) is 6.92. The molecule has 196 valence electrons. The number of pyridine rings is 2. The summed E-state index contributed by atoms with van der Waals surface area (Å²) in [6.07, 6.45) is 7.12. The zero-order valence-corrected chi connectivity index (χ0v) is 20.2. The average Bonchev–Trinajstić information content (AvgIpc) is 3.26. The van der Waals surface area contributed by atoms with Crippen LogP contribution >= 0.6 is 0 Å². The van der Waals surface area contributed by atoms with Gasteiger partial charge in [0.15, 0.2) is 11.5 Å². The van der Waals surface area contributed by atoms with Crippen LogP contribution in [0.3, 0.4) is 0 Å². The van der Waals surface area contributed by atoms with E-state index in [9.17, 15) is 17.6 Å². The molecule has 1 aliphatic rings. The fourth-order valence-corrected chi connectivity index (χ4v) is 5.09. The summed E-state index contributed by atoms with van der Waals surface area (Å²) in [4.78, 5) is 8.78. The van der Waals surface area contributed by atoms with E-state index in [-0.39, 0.29) is 5.92 Å². The van der Waals surface area contributed by atoms with Crippen molar-refractivity contribution in [3.63, 3.8) is 0 Å². The monoisotopic (exact) mass is 523 g/mol. The van der Waals surface area contributed by atoms with Crippen LogP contribution in [-0.4, -0.2) is 23.2 Å². The van der Waals surface area contributed by atoms with Gasteiger partial charge in [0.1, 0.15) is 0 Å². The standard InChI is InChI=1S/C29H25F4N3O2/c30-27(31)37-24-7-5-20(16-25(24)38-28(32)33)22(15-18-10-13-35-14-11-18)21-6-8-26(36-17-21)29(34)12-9-19-3-1-2-4-23(19)29/h1-8,10-11,13-14,16-17,22,27-28H,9,12,15,34H2. The summed E-state index contributed by atoms with van der Waals surface area (Å²) in [5.41, 5.74) is 11.4. The molecule has 0 spiro atoms. The lowest BCUT2D eigenvalue weighted by atomic mass is 9.85. The zero-order chi connectivity index (χ0) is 26.7. The minimum Gasteiger partial charge on any atom is -0.431 e. The fraction of sp³-hybridized carbons (Fsp3) is 0.241. The van der Waals surface area contributed by atoms with Gasteiger partial charge in [0.25, 0.3) is 0 Å². The molecule has 9 heteroatoms. The van der Waals surface area contributed by atoms with Crippen molar-refractivity contribution in [3.05, 3.63) is 119 Å². The van der Waals surface area contributed by atoms with Gasteiger partial charge in [0.05, 0.1) is 11.2 Å². The number of aromatic nitrogens is 2. The minimum atomic E-state index is -3.21. The van der Waals surface area contributed by atoms with Crippen LogP contribution in [0.2, 0.25) is 0 Å². The molecule has 0 amide bonds. The Morgan fingerprint density at radius 3 is 2.26 bits per heavy atom. The second kappa shape index (κ2) is 10.8. The highest BCUT2D eigenvalue weighted by atomic mass is 19.3. The van der Waals surface area contributed by atoms with E-state index in [2.05, 4.69) is 20.5 Å². The topological polar surface area (TPSA) is 70.3 Å². The quantitative estimate of drug-likeness (QED) is 0.265. The summed E-state index contributed by atoms with van der Waals surface area (Å²) < 4.78 is 60.8. The second-order valence-electron chi connectivity index (χ2n) is 9.18. The molecule has 0 saturated heterocycles. The van der Waals surface area contributed by atoms with Gasteiger partial charge in [-0.2, -0.15) is 17.6 Å². The minimum absolute atomic E-state index is 0.357. The van der Waals surface area contributed by atoms with Crippen molar-refractivity contribution >= 4 is 0 Å². The Bertz CT molecular complexity index is 1390. The number of hydrogen-bond acceptors (Lipinski definition) is 5. The lowest BCUT2D eigenvalue weighted by Crippen LogP contribution is -2.36. The van der Waals surface area contributed by atoms with Crippen LogP contribution in [0.4, 0.5) is 17.6 Å². The van der Waals surface area contributed by atoms with Crippen LogP contribution in [0.5, 0.6) is 11.5 Å². The van der Waals surface area contributed by atoms with E-state index in [4.69, 9.17) is 10.7 Å². The summed E-state index contributed by atoms with van der Waals surface area (Å²) in [6.45, 7) is -6.39. The summed E-state index contributed by atoms with van der Waals surface area (Å²) in [5, 5.41) is 0. The molecule has 2 heterocycles. The molecule has 0 fully saturated rings. The molecule has 5 rings (SSSR count). The second-order valence-corrected chi connectivity index (χ2v) is 9.18. The third-order valence-corrected chi connectivity index (χ3v) is 6.92. The van der Waals surface area contributed by atoms with E-state index >= 15 is 0 Å². The molecule has 0 bridgehead atoms. The molecule has 0 radical (unpaired) electrons. The number of rotatable bonds is 9. The Kier molecular flexibility index (Phi) is 7.28. The van der Waals surface area contributed by atoms with E-state index in [1.165, 1.54) is 17.7 Å². The summed E-state index contributed by atoms with van der Waals surface area (Å²) in [5.74, 6) is -1.29. The molecule has 1 aliphatic carbocycles. The molecular formula is C29H25F4N3O2. The van der Waals surface area contributed by atoms with Gasteiger partial charge in [-0.15, -0.1) is 0 Å². The maximum atomic E-state index is 13.1. The number of aryl methyl sites for hydroxylation is 1. The van der Waals surface area contributed by atoms with Gasteiger partial charge >= 0.3 is 13.2 Å². The lowest BCUT2D eigenvalue weighted by Gasteiger charge is -2.26. The SMILES string of the molecule is NC1(c2ccc(C(Cc3ccncc3)c3ccc(OC(F)F)c(OC(F)F)c3)cn2)CCc2ccccc21. The van der Waals surface area contributed by atoms with Crippen molar-refractivity contribution in [1.82, 2.24) is 9.97 Å². The first kappa shape index (κ1) is 25.7. The van der Waals surface area contributed by atoms with Gasteiger partial charge < -0.3 is 15.2 Å². The van der Waals surface area contributed by atoms with Crippen LogP contribution in [-0.2, 0) is 18.4 Å². The van der Waals surface area contributed by atoms with Crippen molar-refractivity contribution in [2.24, 2.45) is 5.73 Å². The van der Waals surface area contributed by atoms with Gasteiger partial charge in [-0.25, -0.2) is 0 Å². The van der Waals surface area contributed by atoms with E-state index in [0.29, 0.717) is 12.0 Å². The first-order valence-corrected chi connectivity index (χ1v) is 12.1. The number of halogens is 4. The molecule has 0 saturated carbocycles. The number of nitrogens with zero attached hydrogens (tertiary/aromatic N) is 2.